The van der Waals surface area contributed by atoms with E-state index in [1.807, 2.05) is 19.3 Å². The highest BCUT2D eigenvalue weighted by Crippen LogP contribution is 2.17. The van der Waals surface area contributed by atoms with Gasteiger partial charge in [-0.25, -0.2) is 9.48 Å². The average Bonchev–Trinajstić information content (AvgIpc) is 3.02. The minimum Gasteiger partial charge on any atom is -0.478 e. The summed E-state index contributed by atoms with van der Waals surface area (Å²) >= 11 is 0. The van der Waals surface area contributed by atoms with Gasteiger partial charge in [-0.3, -0.25) is 4.68 Å². The number of aryl methyl sites for hydroxylation is 3. The minimum absolute atomic E-state index is 0.216. The Kier molecular flexibility index (Phi) is 2.94. The van der Waals surface area contributed by atoms with Gasteiger partial charge in [0.15, 0.2) is 0 Å². The van der Waals surface area contributed by atoms with E-state index in [1.165, 1.54) is 0 Å². The maximum atomic E-state index is 11.3. The number of fused-ring (bicyclic) bond motifs is 1. The van der Waals surface area contributed by atoms with Crippen molar-refractivity contribution in [3.63, 3.8) is 0 Å². The van der Waals surface area contributed by atoms with Crippen LogP contribution < -0.4 is 0 Å². The molecule has 0 spiro atoms. The average molecular weight is 271 g/mol. The molecule has 1 N–H and O–H groups in total. The maximum absolute atomic E-state index is 11.3. The molecule has 0 fully saturated rings. The molecule has 0 atom stereocenters. The van der Waals surface area contributed by atoms with E-state index in [2.05, 4.69) is 15.4 Å². The van der Waals surface area contributed by atoms with E-state index in [-0.39, 0.29) is 5.56 Å². The smallest absolute Gasteiger partial charge is 0.337 e. The summed E-state index contributed by atoms with van der Waals surface area (Å²) in [6, 6.07) is 6.91. The monoisotopic (exact) mass is 271 g/mol. The largest absolute Gasteiger partial charge is 0.478 e. The summed E-state index contributed by atoms with van der Waals surface area (Å²) in [4.78, 5) is 11.3. The topological polar surface area (TPSA) is 85.8 Å². The Hall–Kier alpha value is -2.70. The molecule has 7 heteroatoms. The Morgan fingerprint density at radius 2 is 2.20 bits per heavy atom. The van der Waals surface area contributed by atoms with E-state index in [1.54, 1.807) is 27.6 Å². The number of aromatic carboxylic acids is 1. The van der Waals surface area contributed by atoms with Crippen LogP contribution in [0.25, 0.3) is 11.0 Å². The lowest BCUT2D eigenvalue weighted by Gasteiger charge is -2.03. The lowest BCUT2D eigenvalue weighted by atomic mass is 10.2. The first-order chi connectivity index (χ1) is 9.65. The number of carboxylic acid groups (broad SMARTS) is 1. The highest BCUT2D eigenvalue weighted by molar-refractivity contribution is 6.00. The number of benzene rings is 1. The summed E-state index contributed by atoms with van der Waals surface area (Å²) in [5.41, 5.74) is 2.29. The fraction of sp³-hybridized carbons (Fsp3) is 0.231. The molecule has 0 aliphatic carbocycles. The third-order valence-corrected chi connectivity index (χ3v) is 3.11. The number of aromatic nitrogens is 5. The highest BCUT2D eigenvalue weighted by atomic mass is 16.4. The van der Waals surface area contributed by atoms with E-state index in [0.29, 0.717) is 24.0 Å². The van der Waals surface area contributed by atoms with Crippen molar-refractivity contribution >= 4 is 17.0 Å². The standard InChI is InChI=1S/C13H13N5O2/c1-17-7-5-9(15-17)6-8-18-12-10(13(19)20)3-2-4-11(12)14-16-18/h2-5,7H,6,8H2,1H3,(H,19,20). The Morgan fingerprint density at radius 1 is 1.35 bits per heavy atom. The Bertz CT molecular complexity index is 774. The molecule has 1 aromatic carbocycles. The van der Waals surface area contributed by atoms with Crippen molar-refractivity contribution in [1.82, 2.24) is 24.8 Å². The summed E-state index contributed by atoms with van der Waals surface area (Å²) in [7, 11) is 1.86. The van der Waals surface area contributed by atoms with Crippen LogP contribution in [0.5, 0.6) is 0 Å². The van der Waals surface area contributed by atoms with E-state index in [0.717, 1.165) is 5.69 Å². The SMILES string of the molecule is Cn1ccc(CCn2nnc3cccc(C(=O)O)c32)n1. The zero-order valence-electron chi connectivity index (χ0n) is 10.9. The lowest BCUT2D eigenvalue weighted by Crippen LogP contribution is -2.07. The number of carboxylic acids is 1. The van der Waals surface area contributed by atoms with E-state index >= 15 is 0 Å². The van der Waals surface area contributed by atoms with E-state index in [9.17, 15) is 9.90 Å². The molecular formula is C13H13N5O2. The zero-order valence-corrected chi connectivity index (χ0v) is 10.9. The van der Waals surface area contributed by atoms with Crippen LogP contribution in [0.3, 0.4) is 0 Å². The summed E-state index contributed by atoms with van der Waals surface area (Å²) in [6.07, 6.45) is 2.55. The summed E-state index contributed by atoms with van der Waals surface area (Å²) < 4.78 is 3.35. The summed E-state index contributed by atoms with van der Waals surface area (Å²) in [5, 5.41) is 21.5. The van der Waals surface area contributed by atoms with Crippen molar-refractivity contribution < 1.29 is 9.90 Å². The lowest BCUT2D eigenvalue weighted by molar-refractivity contribution is 0.0698. The number of nitrogens with zero attached hydrogens (tertiary/aromatic N) is 5. The van der Waals surface area contributed by atoms with E-state index < -0.39 is 5.97 Å². The molecule has 0 saturated heterocycles. The van der Waals surface area contributed by atoms with Crippen LogP contribution in [0, 0.1) is 0 Å². The van der Waals surface area contributed by atoms with Crippen molar-refractivity contribution in [2.75, 3.05) is 0 Å². The molecule has 3 aromatic rings. The van der Waals surface area contributed by atoms with Crippen LogP contribution >= 0.6 is 0 Å². The molecule has 0 saturated carbocycles. The molecular weight excluding hydrogens is 258 g/mol. The molecule has 0 radical (unpaired) electrons. The van der Waals surface area contributed by atoms with Gasteiger partial charge in [0.1, 0.15) is 11.0 Å². The predicted octanol–water partition coefficient (Wildman–Crippen LogP) is 1.11. The molecule has 0 aliphatic rings. The quantitative estimate of drug-likeness (QED) is 0.768. The summed E-state index contributed by atoms with van der Waals surface area (Å²) in [5.74, 6) is -0.975. The molecule has 0 amide bonds. The van der Waals surface area contributed by atoms with Gasteiger partial charge >= 0.3 is 5.97 Å². The van der Waals surface area contributed by atoms with Gasteiger partial charge in [0.05, 0.1) is 11.3 Å². The van der Waals surface area contributed by atoms with Crippen molar-refractivity contribution in [3.8, 4) is 0 Å². The third kappa shape index (κ3) is 2.13. The highest BCUT2D eigenvalue weighted by Gasteiger charge is 2.14. The van der Waals surface area contributed by atoms with Gasteiger partial charge in [0, 0.05) is 26.2 Å². The van der Waals surface area contributed by atoms with Crippen LogP contribution in [0.15, 0.2) is 30.5 Å². The first kappa shape index (κ1) is 12.3. The van der Waals surface area contributed by atoms with Gasteiger partial charge in [-0.1, -0.05) is 11.3 Å². The fourth-order valence-electron chi connectivity index (χ4n) is 2.18. The Morgan fingerprint density at radius 3 is 2.90 bits per heavy atom. The molecule has 102 valence electrons. The number of carbonyl (C=O) groups is 1. The Labute approximate surface area is 114 Å². The van der Waals surface area contributed by atoms with Crippen molar-refractivity contribution in [3.05, 3.63) is 41.7 Å². The van der Waals surface area contributed by atoms with Crippen molar-refractivity contribution in [2.24, 2.45) is 7.05 Å². The van der Waals surface area contributed by atoms with Crippen LogP contribution in [0.4, 0.5) is 0 Å². The first-order valence-electron chi connectivity index (χ1n) is 6.19. The second kappa shape index (κ2) is 4.76. The molecule has 7 nitrogen and oxygen atoms in total. The normalized spacial score (nSPS) is 11.1. The van der Waals surface area contributed by atoms with Crippen molar-refractivity contribution in [2.45, 2.75) is 13.0 Å². The predicted molar refractivity (Wildman–Crippen MR) is 71.4 cm³/mol. The maximum Gasteiger partial charge on any atom is 0.337 e. The van der Waals surface area contributed by atoms with Gasteiger partial charge in [-0.2, -0.15) is 5.10 Å². The van der Waals surface area contributed by atoms with Gasteiger partial charge < -0.3 is 5.11 Å². The van der Waals surface area contributed by atoms with Crippen LogP contribution in [0.1, 0.15) is 16.1 Å². The Balaban J connectivity index is 1.93. The molecule has 20 heavy (non-hydrogen) atoms. The molecule has 2 heterocycles. The third-order valence-electron chi connectivity index (χ3n) is 3.11. The van der Waals surface area contributed by atoms with Crippen molar-refractivity contribution in [1.29, 1.82) is 0 Å². The number of hydrogen-bond donors (Lipinski definition) is 1. The fourth-order valence-corrected chi connectivity index (χ4v) is 2.18. The minimum atomic E-state index is -0.975. The van der Waals surface area contributed by atoms with Crippen LogP contribution in [-0.4, -0.2) is 35.9 Å². The molecule has 0 aliphatic heterocycles. The second-order valence-corrected chi connectivity index (χ2v) is 4.52. The number of hydrogen-bond acceptors (Lipinski definition) is 4. The molecule has 3 rings (SSSR count). The molecule has 0 unspecified atom stereocenters. The number of para-hydroxylation sites is 1. The van der Waals surface area contributed by atoms with Gasteiger partial charge in [-0.15, -0.1) is 5.10 Å². The van der Waals surface area contributed by atoms with Gasteiger partial charge in [0.2, 0.25) is 0 Å². The van der Waals surface area contributed by atoms with Gasteiger partial charge in [-0.05, 0) is 18.2 Å². The van der Waals surface area contributed by atoms with Crippen LogP contribution in [0.2, 0.25) is 0 Å². The summed E-state index contributed by atoms with van der Waals surface area (Å²) in [6.45, 7) is 0.539. The first-order valence-corrected chi connectivity index (χ1v) is 6.19. The zero-order chi connectivity index (χ0) is 14.1. The second-order valence-electron chi connectivity index (χ2n) is 4.52. The molecule has 2 aromatic heterocycles. The van der Waals surface area contributed by atoms with Gasteiger partial charge in [0.25, 0.3) is 0 Å². The number of rotatable bonds is 4. The van der Waals surface area contributed by atoms with E-state index in [4.69, 9.17) is 0 Å². The molecule has 0 bridgehead atoms. The van der Waals surface area contributed by atoms with Crippen LogP contribution in [-0.2, 0) is 20.0 Å².